The molecule has 3 aromatic rings. The second-order valence-corrected chi connectivity index (χ2v) is 10.4. The molecule has 186 valence electrons. The number of thiophene rings is 1. The van der Waals surface area contributed by atoms with E-state index in [9.17, 15) is 9.59 Å². The van der Waals surface area contributed by atoms with Gasteiger partial charge < -0.3 is 14.5 Å². The Morgan fingerprint density at radius 3 is 2.11 bits per heavy atom. The molecule has 2 aromatic carbocycles. The molecular formula is C29H36N2O3S. The summed E-state index contributed by atoms with van der Waals surface area (Å²) in [5.74, 6) is 0.0872. The molecule has 0 aliphatic carbocycles. The summed E-state index contributed by atoms with van der Waals surface area (Å²) < 4.78 is 5.70. The van der Waals surface area contributed by atoms with Gasteiger partial charge >= 0.3 is 0 Å². The van der Waals surface area contributed by atoms with E-state index >= 15 is 0 Å². The van der Waals surface area contributed by atoms with Crippen LogP contribution in [0.25, 0.3) is 0 Å². The van der Waals surface area contributed by atoms with Gasteiger partial charge in [0.15, 0.2) is 0 Å². The number of ether oxygens (including phenoxy) is 1. The zero-order chi connectivity index (χ0) is 25.0. The third kappa shape index (κ3) is 8.96. The predicted molar refractivity (Wildman–Crippen MR) is 142 cm³/mol. The molecule has 0 aliphatic rings. The maximum absolute atomic E-state index is 13.5. The summed E-state index contributed by atoms with van der Waals surface area (Å²) in [6.07, 6.45) is 0.936. The van der Waals surface area contributed by atoms with Gasteiger partial charge in [-0.1, -0.05) is 80.9 Å². The van der Waals surface area contributed by atoms with Crippen molar-refractivity contribution in [2.24, 2.45) is 5.92 Å². The molecule has 1 aromatic heterocycles. The van der Waals surface area contributed by atoms with E-state index in [1.165, 1.54) is 4.88 Å². The van der Waals surface area contributed by atoms with Crippen LogP contribution in [0, 0.1) is 12.8 Å². The van der Waals surface area contributed by atoms with Crippen LogP contribution in [0.3, 0.4) is 0 Å². The highest BCUT2D eigenvalue weighted by atomic mass is 32.1. The number of carbonyl (C=O) groups excluding carboxylic acids is 2. The van der Waals surface area contributed by atoms with Crippen molar-refractivity contribution in [3.63, 3.8) is 0 Å². The number of aryl methyl sites for hydroxylation is 1. The fourth-order valence-electron chi connectivity index (χ4n) is 3.74. The van der Waals surface area contributed by atoms with E-state index in [2.05, 4.69) is 32.9 Å². The third-order valence-electron chi connectivity index (χ3n) is 5.96. The normalized spacial score (nSPS) is 11.7. The van der Waals surface area contributed by atoms with Crippen LogP contribution in [-0.4, -0.2) is 41.3 Å². The van der Waals surface area contributed by atoms with Crippen LogP contribution in [0.1, 0.15) is 41.1 Å². The van der Waals surface area contributed by atoms with Crippen molar-refractivity contribution in [3.8, 4) is 0 Å². The topological polar surface area (TPSA) is 49.9 Å². The van der Waals surface area contributed by atoms with Gasteiger partial charge in [-0.3, -0.25) is 9.59 Å². The van der Waals surface area contributed by atoms with Gasteiger partial charge in [-0.15, -0.1) is 11.3 Å². The number of hydrogen-bond donors (Lipinski definition) is 0. The van der Waals surface area contributed by atoms with Gasteiger partial charge in [0.2, 0.25) is 11.8 Å². The maximum atomic E-state index is 13.5. The lowest BCUT2D eigenvalue weighted by molar-refractivity contribution is -0.144. The SMILES string of the molecule is CCC(C)CN(CC(=O)N(Cc1ccccc1)Cc1ccc(C)s1)C(=O)COCc1ccccc1. The fraction of sp³-hybridized carbons (Fsp3) is 0.379. The van der Waals surface area contributed by atoms with Crippen molar-refractivity contribution in [1.29, 1.82) is 0 Å². The van der Waals surface area contributed by atoms with E-state index in [4.69, 9.17) is 4.74 Å². The quantitative estimate of drug-likeness (QED) is 0.309. The second kappa shape index (κ2) is 13.8. The molecule has 5 nitrogen and oxygen atoms in total. The summed E-state index contributed by atoms with van der Waals surface area (Å²) in [5.41, 5.74) is 2.09. The first-order chi connectivity index (χ1) is 16.9. The lowest BCUT2D eigenvalue weighted by Crippen LogP contribution is -2.45. The minimum atomic E-state index is -0.152. The van der Waals surface area contributed by atoms with E-state index in [1.807, 2.05) is 65.6 Å². The Bertz CT molecular complexity index is 1050. The van der Waals surface area contributed by atoms with Crippen LogP contribution < -0.4 is 0 Å². The largest absolute Gasteiger partial charge is 0.367 e. The first-order valence-corrected chi connectivity index (χ1v) is 13.0. The summed E-state index contributed by atoms with van der Waals surface area (Å²) in [6, 6.07) is 23.9. The molecule has 1 unspecified atom stereocenters. The summed E-state index contributed by atoms with van der Waals surface area (Å²) in [7, 11) is 0. The Balaban J connectivity index is 1.68. The van der Waals surface area contributed by atoms with Crippen molar-refractivity contribution < 1.29 is 14.3 Å². The highest BCUT2D eigenvalue weighted by Crippen LogP contribution is 2.19. The molecule has 6 heteroatoms. The molecule has 0 saturated heterocycles. The Hall–Kier alpha value is -2.96. The van der Waals surface area contributed by atoms with Gasteiger partial charge in [-0.2, -0.15) is 0 Å². The predicted octanol–water partition coefficient (Wildman–Crippen LogP) is 5.68. The first-order valence-electron chi connectivity index (χ1n) is 12.2. The number of benzene rings is 2. The summed E-state index contributed by atoms with van der Waals surface area (Å²) in [4.78, 5) is 32.5. The smallest absolute Gasteiger partial charge is 0.249 e. The molecule has 0 fully saturated rings. The minimum absolute atomic E-state index is 0.0403. The van der Waals surface area contributed by atoms with E-state index in [0.29, 0.717) is 32.2 Å². The number of carbonyl (C=O) groups is 2. The van der Waals surface area contributed by atoms with E-state index in [0.717, 1.165) is 22.4 Å². The average molecular weight is 493 g/mol. The second-order valence-electron chi connectivity index (χ2n) is 9.01. The Morgan fingerprint density at radius 1 is 0.857 bits per heavy atom. The third-order valence-corrected chi connectivity index (χ3v) is 6.94. The lowest BCUT2D eigenvalue weighted by Gasteiger charge is -2.29. The Labute approximate surface area is 213 Å². The number of rotatable bonds is 13. The fourth-order valence-corrected chi connectivity index (χ4v) is 4.65. The highest BCUT2D eigenvalue weighted by Gasteiger charge is 2.23. The number of nitrogens with zero attached hydrogens (tertiary/aromatic N) is 2. The molecule has 1 atom stereocenters. The van der Waals surface area contributed by atoms with Crippen LogP contribution in [0.4, 0.5) is 0 Å². The van der Waals surface area contributed by atoms with Gasteiger partial charge in [0.25, 0.3) is 0 Å². The van der Waals surface area contributed by atoms with Crippen LogP contribution >= 0.6 is 11.3 Å². The molecule has 35 heavy (non-hydrogen) atoms. The lowest BCUT2D eigenvalue weighted by atomic mass is 10.1. The molecular weight excluding hydrogens is 456 g/mol. The summed E-state index contributed by atoms with van der Waals surface area (Å²) >= 11 is 1.70. The Kier molecular flexibility index (Phi) is 10.5. The van der Waals surface area contributed by atoms with Gasteiger partial charge in [-0.25, -0.2) is 0 Å². The zero-order valence-electron chi connectivity index (χ0n) is 21.0. The molecule has 2 amide bonds. The van der Waals surface area contributed by atoms with Gasteiger partial charge in [-0.05, 0) is 36.1 Å². The molecule has 0 aliphatic heterocycles. The molecule has 1 heterocycles. The molecule has 0 bridgehead atoms. The molecule has 0 radical (unpaired) electrons. The van der Waals surface area contributed by atoms with Crippen LogP contribution in [-0.2, 0) is 34.0 Å². The molecule has 0 saturated carbocycles. The van der Waals surface area contributed by atoms with Gasteiger partial charge in [0, 0.05) is 22.8 Å². The number of amides is 2. The van der Waals surface area contributed by atoms with Crippen molar-refractivity contribution in [1.82, 2.24) is 9.80 Å². The maximum Gasteiger partial charge on any atom is 0.249 e. The number of hydrogen-bond acceptors (Lipinski definition) is 4. The minimum Gasteiger partial charge on any atom is -0.367 e. The van der Waals surface area contributed by atoms with Crippen LogP contribution in [0.15, 0.2) is 72.8 Å². The highest BCUT2D eigenvalue weighted by molar-refractivity contribution is 7.11. The first kappa shape index (κ1) is 26.6. The summed E-state index contributed by atoms with van der Waals surface area (Å²) in [6.45, 7) is 8.22. The monoisotopic (exact) mass is 492 g/mol. The van der Waals surface area contributed by atoms with Crippen molar-refractivity contribution in [2.45, 2.75) is 46.9 Å². The van der Waals surface area contributed by atoms with Gasteiger partial charge in [0.1, 0.15) is 6.61 Å². The van der Waals surface area contributed by atoms with E-state index < -0.39 is 0 Å². The Morgan fingerprint density at radius 2 is 1.51 bits per heavy atom. The average Bonchev–Trinajstić information content (AvgIpc) is 3.28. The molecule has 0 N–H and O–H groups in total. The van der Waals surface area contributed by atoms with Crippen molar-refractivity contribution in [3.05, 3.63) is 93.7 Å². The molecule has 3 rings (SSSR count). The van der Waals surface area contributed by atoms with Crippen molar-refractivity contribution >= 4 is 23.2 Å². The van der Waals surface area contributed by atoms with Crippen molar-refractivity contribution in [2.75, 3.05) is 19.7 Å². The summed E-state index contributed by atoms with van der Waals surface area (Å²) in [5, 5.41) is 0. The van der Waals surface area contributed by atoms with Gasteiger partial charge in [0.05, 0.1) is 19.7 Å². The van der Waals surface area contributed by atoms with Crippen LogP contribution in [0.5, 0.6) is 0 Å². The standard InChI is InChI=1S/C29H36N2O3S/c1-4-23(2)17-30(29(33)22-34-21-26-13-9-6-10-14-26)20-28(32)31(18-25-11-7-5-8-12-25)19-27-16-15-24(3)35-27/h5-16,23H,4,17-22H2,1-3H3. The van der Waals surface area contributed by atoms with E-state index in [1.54, 1.807) is 16.2 Å². The van der Waals surface area contributed by atoms with Crippen LogP contribution in [0.2, 0.25) is 0 Å². The molecule has 0 spiro atoms. The zero-order valence-corrected chi connectivity index (χ0v) is 21.8. The van der Waals surface area contributed by atoms with E-state index in [-0.39, 0.29) is 25.0 Å².